The Balaban J connectivity index is 3.03. The zero-order valence-electron chi connectivity index (χ0n) is 8.32. The molecule has 3 N–H and O–H groups in total. The number of pyridine rings is 1. The van der Waals surface area contributed by atoms with Gasteiger partial charge in [-0.3, -0.25) is 9.78 Å². The Bertz CT molecular complexity index is 348. The highest BCUT2D eigenvalue weighted by atomic mass is 16.4. The molecule has 0 radical (unpaired) electrons. The SMILES string of the molecule is CC(C)(CC(=O)O)c1ccncc1N. The second-order valence-corrected chi connectivity index (χ2v) is 3.92. The molecule has 0 aliphatic heterocycles. The van der Waals surface area contributed by atoms with Crippen LogP contribution in [0.25, 0.3) is 0 Å². The number of hydrogen-bond donors (Lipinski definition) is 2. The van der Waals surface area contributed by atoms with Crippen molar-refractivity contribution in [1.82, 2.24) is 4.98 Å². The summed E-state index contributed by atoms with van der Waals surface area (Å²) in [5.74, 6) is -0.828. The van der Waals surface area contributed by atoms with E-state index >= 15 is 0 Å². The minimum Gasteiger partial charge on any atom is -0.481 e. The van der Waals surface area contributed by atoms with Gasteiger partial charge in [-0.15, -0.1) is 0 Å². The zero-order chi connectivity index (χ0) is 10.8. The standard InChI is InChI=1S/C10H14N2O2/c1-10(2,5-9(13)14)7-3-4-12-6-8(7)11/h3-4,6H,5,11H2,1-2H3,(H,13,14). The van der Waals surface area contributed by atoms with Crippen molar-refractivity contribution in [2.75, 3.05) is 5.73 Å². The van der Waals surface area contributed by atoms with Crippen molar-refractivity contribution >= 4 is 11.7 Å². The predicted octanol–water partition coefficient (Wildman–Crippen LogP) is 1.42. The summed E-state index contributed by atoms with van der Waals surface area (Å²) in [6, 6.07) is 1.76. The van der Waals surface area contributed by atoms with Gasteiger partial charge in [-0.1, -0.05) is 13.8 Å². The Morgan fingerprint density at radius 2 is 2.29 bits per heavy atom. The lowest BCUT2D eigenvalue weighted by atomic mass is 9.81. The van der Waals surface area contributed by atoms with Gasteiger partial charge in [0, 0.05) is 11.6 Å². The Morgan fingerprint density at radius 1 is 1.64 bits per heavy atom. The van der Waals surface area contributed by atoms with Crippen LogP contribution in [0.1, 0.15) is 25.8 Å². The molecule has 0 bridgehead atoms. The lowest BCUT2D eigenvalue weighted by molar-refractivity contribution is -0.138. The van der Waals surface area contributed by atoms with Crippen LogP contribution in [0.4, 0.5) is 5.69 Å². The molecule has 0 saturated carbocycles. The summed E-state index contributed by atoms with van der Waals surface area (Å²) >= 11 is 0. The molecule has 1 rings (SSSR count). The molecule has 0 amide bonds. The summed E-state index contributed by atoms with van der Waals surface area (Å²) in [7, 11) is 0. The maximum absolute atomic E-state index is 10.6. The van der Waals surface area contributed by atoms with Crippen molar-refractivity contribution in [2.45, 2.75) is 25.7 Å². The normalized spacial score (nSPS) is 11.3. The number of aliphatic carboxylic acids is 1. The molecular weight excluding hydrogens is 180 g/mol. The predicted molar refractivity (Wildman–Crippen MR) is 53.9 cm³/mol. The first-order chi connectivity index (χ1) is 6.43. The highest BCUT2D eigenvalue weighted by Crippen LogP contribution is 2.30. The lowest BCUT2D eigenvalue weighted by Crippen LogP contribution is -2.23. The van der Waals surface area contributed by atoms with E-state index in [1.807, 2.05) is 13.8 Å². The molecule has 0 saturated heterocycles. The van der Waals surface area contributed by atoms with Gasteiger partial charge in [0.2, 0.25) is 0 Å². The van der Waals surface area contributed by atoms with Crippen LogP contribution in [-0.2, 0) is 10.2 Å². The van der Waals surface area contributed by atoms with Gasteiger partial charge >= 0.3 is 5.97 Å². The Hall–Kier alpha value is -1.58. The molecule has 0 unspecified atom stereocenters. The lowest BCUT2D eigenvalue weighted by Gasteiger charge is -2.24. The Labute approximate surface area is 82.8 Å². The average Bonchev–Trinajstić information content (AvgIpc) is 2.02. The van der Waals surface area contributed by atoms with Crippen molar-refractivity contribution in [3.8, 4) is 0 Å². The van der Waals surface area contributed by atoms with Gasteiger partial charge in [-0.25, -0.2) is 0 Å². The maximum atomic E-state index is 10.6. The van der Waals surface area contributed by atoms with Crippen molar-refractivity contribution < 1.29 is 9.90 Å². The Morgan fingerprint density at radius 3 is 2.79 bits per heavy atom. The number of carboxylic acid groups (broad SMARTS) is 1. The van der Waals surface area contributed by atoms with Crippen molar-refractivity contribution in [3.63, 3.8) is 0 Å². The highest BCUT2D eigenvalue weighted by Gasteiger charge is 2.25. The van der Waals surface area contributed by atoms with Gasteiger partial charge in [0.1, 0.15) is 0 Å². The zero-order valence-corrected chi connectivity index (χ0v) is 8.32. The fourth-order valence-corrected chi connectivity index (χ4v) is 1.50. The number of nitrogens with zero attached hydrogens (tertiary/aromatic N) is 1. The van der Waals surface area contributed by atoms with Crippen LogP contribution in [0.3, 0.4) is 0 Å². The number of carboxylic acids is 1. The average molecular weight is 194 g/mol. The van der Waals surface area contributed by atoms with E-state index < -0.39 is 11.4 Å². The molecule has 0 aliphatic carbocycles. The van der Waals surface area contributed by atoms with Crippen molar-refractivity contribution in [2.24, 2.45) is 0 Å². The first kappa shape index (κ1) is 10.5. The van der Waals surface area contributed by atoms with Gasteiger partial charge in [-0.2, -0.15) is 0 Å². The third-order valence-electron chi connectivity index (χ3n) is 2.17. The second-order valence-electron chi connectivity index (χ2n) is 3.92. The second kappa shape index (κ2) is 3.65. The highest BCUT2D eigenvalue weighted by molar-refractivity contribution is 5.69. The van der Waals surface area contributed by atoms with Crippen LogP contribution in [-0.4, -0.2) is 16.1 Å². The third kappa shape index (κ3) is 2.22. The van der Waals surface area contributed by atoms with Gasteiger partial charge < -0.3 is 10.8 Å². The molecule has 1 heterocycles. The molecule has 0 atom stereocenters. The van der Waals surface area contributed by atoms with E-state index in [1.54, 1.807) is 18.5 Å². The van der Waals surface area contributed by atoms with Gasteiger partial charge in [0.05, 0.1) is 18.3 Å². The van der Waals surface area contributed by atoms with Crippen LogP contribution in [0.15, 0.2) is 18.5 Å². The summed E-state index contributed by atoms with van der Waals surface area (Å²) in [4.78, 5) is 14.5. The van der Waals surface area contributed by atoms with E-state index in [0.717, 1.165) is 5.56 Å². The topological polar surface area (TPSA) is 76.2 Å². The molecule has 76 valence electrons. The fourth-order valence-electron chi connectivity index (χ4n) is 1.50. The largest absolute Gasteiger partial charge is 0.481 e. The molecule has 0 spiro atoms. The van der Waals surface area contributed by atoms with Crippen LogP contribution < -0.4 is 5.73 Å². The number of anilines is 1. The molecular formula is C10H14N2O2. The molecule has 14 heavy (non-hydrogen) atoms. The van der Waals surface area contributed by atoms with Crippen LogP contribution >= 0.6 is 0 Å². The summed E-state index contributed by atoms with van der Waals surface area (Å²) in [5, 5.41) is 8.74. The summed E-state index contributed by atoms with van der Waals surface area (Å²) < 4.78 is 0. The minimum atomic E-state index is -0.828. The quantitative estimate of drug-likeness (QED) is 0.762. The molecule has 1 aromatic rings. The smallest absolute Gasteiger partial charge is 0.304 e. The summed E-state index contributed by atoms with van der Waals surface area (Å²) in [6.07, 6.45) is 3.22. The van der Waals surface area contributed by atoms with Crippen molar-refractivity contribution in [3.05, 3.63) is 24.0 Å². The first-order valence-corrected chi connectivity index (χ1v) is 4.35. The van der Waals surface area contributed by atoms with E-state index in [2.05, 4.69) is 4.98 Å². The van der Waals surface area contributed by atoms with Crippen molar-refractivity contribution in [1.29, 1.82) is 0 Å². The number of rotatable bonds is 3. The van der Waals surface area contributed by atoms with Crippen LogP contribution in [0, 0.1) is 0 Å². The fraction of sp³-hybridized carbons (Fsp3) is 0.400. The maximum Gasteiger partial charge on any atom is 0.304 e. The van der Waals surface area contributed by atoms with E-state index in [-0.39, 0.29) is 6.42 Å². The number of nitrogens with two attached hydrogens (primary N) is 1. The number of aromatic nitrogens is 1. The number of nitrogen functional groups attached to an aromatic ring is 1. The van der Waals surface area contributed by atoms with Crippen LogP contribution in [0.2, 0.25) is 0 Å². The van der Waals surface area contributed by atoms with E-state index in [1.165, 1.54) is 0 Å². The first-order valence-electron chi connectivity index (χ1n) is 4.35. The summed E-state index contributed by atoms with van der Waals surface area (Å²) in [6.45, 7) is 3.71. The van der Waals surface area contributed by atoms with Crippen LogP contribution in [0.5, 0.6) is 0 Å². The van der Waals surface area contributed by atoms with Gasteiger partial charge in [-0.05, 0) is 11.6 Å². The van der Waals surface area contributed by atoms with E-state index in [0.29, 0.717) is 5.69 Å². The van der Waals surface area contributed by atoms with Gasteiger partial charge in [0.25, 0.3) is 0 Å². The summed E-state index contributed by atoms with van der Waals surface area (Å²) in [5.41, 5.74) is 6.64. The minimum absolute atomic E-state index is 0.0568. The molecule has 4 nitrogen and oxygen atoms in total. The monoisotopic (exact) mass is 194 g/mol. The number of hydrogen-bond acceptors (Lipinski definition) is 3. The number of carbonyl (C=O) groups is 1. The van der Waals surface area contributed by atoms with Gasteiger partial charge in [0.15, 0.2) is 0 Å². The van der Waals surface area contributed by atoms with E-state index in [9.17, 15) is 4.79 Å². The molecule has 0 aromatic carbocycles. The molecule has 1 aromatic heterocycles. The molecule has 0 fully saturated rings. The van der Waals surface area contributed by atoms with E-state index in [4.69, 9.17) is 10.8 Å². The molecule has 4 heteroatoms. The molecule has 0 aliphatic rings. The Kier molecular flexibility index (Phi) is 2.74. The third-order valence-corrected chi connectivity index (χ3v) is 2.17.